The van der Waals surface area contributed by atoms with E-state index in [1.807, 2.05) is 45.3 Å². The smallest absolute Gasteiger partial charge is 0.256 e. The number of anilines is 1. The monoisotopic (exact) mass is 378 g/mol. The summed E-state index contributed by atoms with van der Waals surface area (Å²) in [5, 5.41) is 3.05. The highest BCUT2D eigenvalue weighted by Crippen LogP contribution is 2.31. The molecular formula is C22H38N2O3. The summed E-state index contributed by atoms with van der Waals surface area (Å²) in [5.74, 6) is 1.48. The Bertz CT molecular complexity index is 543. The highest BCUT2D eigenvalue weighted by Gasteiger charge is 2.40. The summed E-state index contributed by atoms with van der Waals surface area (Å²) >= 11 is 0. The number of amides is 1. The molecule has 1 amide bonds. The van der Waals surface area contributed by atoms with Crippen LogP contribution < -0.4 is 10.1 Å². The number of nitrogens with zero attached hydrogens (tertiary/aromatic N) is 1. The molecule has 0 saturated carbocycles. The Kier molecular flexibility index (Phi) is 9.81. The average Bonchev–Trinajstić information content (AvgIpc) is 2.55. The van der Waals surface area contributed by atoms with Crippen LogP contribution in [-0.4, -0.2) is 50.3 Å². The normalized spacial score (nSPS) is 12.1. The van der Waals surface area contributed by atoms with E-state index in [1.54, 1.807) is 0 Å². The lowest BCUT2D eigenvalue weighted by atomic mass is 9.83. The van der Waals surface area contributed by atoms with E-state index < -0.39 is 5.60 Å². The Labute approximate surface area is 165 Å². The van der Waals surface area contributed by atoms with Gasteiger partial charge in [-0.2, -0.15) is 0 Å². The topological polar surface area (TPSA) is 50.8 Å². The third kappa shape index (κ3) is 8.31. The number of likely N-dealkylation sites (N-methyl/N-ethyl adjacent to an activating group) is 1. The molecule has 0 aliphatic rings. The number of rotatable bonds is 12. The molecule has 0 aliphatic carbocycles. The second-order valence-electron chi connectivity index (χ2n) is 8.25. The first-order valence-corrected chi connectivity index (χ1v) is 10.0. The molecule has 0 heterocycles. The molecule has 1 N–H and O–H groups in total. The number of nitrogens with one attached hydrogen (secondary N) is 1. The number of carbonyl (C=O) groups excluding carboxylic acids is 1. The van der Waals surface area contributed by atoms with E-state index in [4.69, 9.17) is 9.47 Å². The quantitative estimate of drug-likeness (QED) is 0.584. The molecule has 1 aromatic carbocycles. The number of hydrogen-bond donors (Lipinski definition) is 1. The van der Waals surface area contributed by atoms with Crippen LogP contribution in [0.25, 0.3) is 0 Å². The van der Waals surface area contributed by atoms with E-state index in [0.717, 1.165) is 18.0 Å². The zero-order chi connectivity index (χ0) is 20.4. The summed E-state index contributed by atoms with van der Waals surface area (Å²) < 4.78 is 11.8. The summed E-state index contributed by atoms with van der Waals surface area (Å²) in [6.45, 7) is 12.5. The Hall–Kier alpha value is -1.59. The van der Waals surface area contributed by atoms with Crippen LogP contribution in [0.3, 0.4) is 0 Å². The molecule has 5 heteroatoms. The van der Waals surface area contributed by atoms with Crippen molar-refractivity contribution in [2.24, 2.45) is 11.8 Å². The van der Waals surface area contributed by atoms with Crippen LogP contribution in [0.4, 0.5) is 5.69 Å². The van der Waals surface area contributed by atoms with Gasteiger partial charge in [-0.1, -0.05) is 27.7 Å². The third-order valence-corrected chi connectivity index (χ3v) is 4.23. The predicted molar refractivity (Wildman–Crippen MR) is 112 cm³/mol. The van der Waals surface area contributed by atoms with Crippen LogP contribution in [-0.2, 0) is 9.53 Å². The van der Waals surface area contributed by atoms with Gasteiger partial charge in [-0.15, -0.1) is 0 Å². The SMILES string of the molecule is CCOC(CC(C)C)(CC(C)C)C(=O)Nc1ccc(OCCN(C)C)cc1. The zero-order valence-electron chi connectivity index (χ0n) is 18.2. The van der Waals surface area contributed by atoms with Gasteiger partial charge in [0, 0.05) is 18.8 Å². The van der Waals surface area contributed by atoms with Crippen molar-refractivity contribution in [1.82, 2.24) is 4.90 Å². The Morgan fingerprint density at radius 2 is 1.63 bits per heavy atom. The molecule has 0 aliphatic heterocycles. The van der Waals surface area contributed by atoms with Gasteiger partial charge in [0.2, 0.25) is 0 Å². The van der Waals surface area contributed by atoms with E-state index in [9.17, 15) is 4.79 Å². The van der Waals surface area contributed by atoms with Crippen molar-refractivity contribution in [3.05, 3.63) is 24.3 Å². The van der Waals surface area contributed by atoms with Crippen molar-refractivity contribution in [2.45, 2.75) is 53.1 Å². The lowest BCUT2D eigenvalue weighted by Crippen LogP contribution is -2.47. The van der Waals surface area contributed by atoms with E-state index in [1.165, 1.54) is 0 Å². The minimum absolute atomic E-state index is 0.0620. The Morgan fingerprint density at radius 1 is 1.07 bits per heavy atom. The largest absolute Gasteiger partial charge is 0.492 e. The molecular weight excluding hydrogens is 340 g/mol. The fraction of sp³-hybridized carbons (Fsp3) is 0.682. The van der Waals surface area contributed by atoms with E-state index in [2.05, 4.69) is 37.9 Å². The Morgan fingerprint density at radius 3 is 2.07 bits per heavy atom. The molecule has 0 fully saturated rings. The van der Waals surface area contributed by atoms with Gasteiger partial charge in [0.15, 0.2) is 0 Å². The molecule has 0 saturated heterocycles. The summed E-state index contributed by atoms with van der Waals surface area (Å²) in [6.07, 6.45) is 1.41. The van der Waals surface area contributed by atoms with Gasteiger partial charge in [-0.3, -0.25) is 4.79 Å². The van der Waals surface area contributed by atoms with Crippen molar-refractivity contribution in [2.75, 3.05) is 39.2 Å². The lowest BCUT2D eigenvalue weighted by molar-refractivity contribution is -0.146. The van der Waals surface area contributed by atoms with Gasteiger partial charge in [-0.05, 0) is 70.0 Å². The van der Waals surface area contributed by atoms with Gasteiger partial charge in [0.1, 0.15) is 18.0 Å². The summed E-state index contributed by atoms with van der Waals surface area (Å²) in [4.78, 5) is 15.2. The molecule has 0 unspecified atom stereocenters. The molecule has 0 bridgehead atoms. The Balaban J connectivity index is 2.84. The molecule has 27 heavy (non-hydrogen) atoms. The average molecular weight is 379 g/mol. The lowest BCUT2D eigenvalue weighted by Gasteiger charge is -2.35. The first-order chi connectivity index (χ1) is 12.7. The molecule has 0 spiro atoms. The third-order valence-electron chi connectivity index (χ3n) is 4.23. The maximum absolute atomic E-state index is 13.2. The number of hydrogen-bond acceptors (Lipinski definition) is 4. The minimum Gasteiger partial charge on any atom is -0.492 e. The van der Waals surface area contributed by atoms with Gasteiger partial charge in [-0.25, -0.2) is 0 Å². The van der Waals surface area contributed by atoms with Crippen LogP contribution in [0, 0.1) is 11.8 Å². The molecule has 0 atom stereocenters. The minimum atomic E-state index is -0.794. The number of ether oxygens (including phenoxy) is 2. The van der Waals surface area contributed by atoms with Gasteiger partial charge >= 0.3 is 0 Å². The fourth-order valence-corrected chi connectivity index (χ4v) is 3.27. The first kappa shape index (κ1) is 23.4. The molecule has 1 aromatic rings. The number of benzene rings is 1. The summed E-state index contributed by atoms with van der Waals surface area (Å²) in [5.41, 5.74) is -0.0330. The fourth-order valence-electron chi connectivity index (χ4n) is 3.27. The summed E-state index contributed by atoms with van der Waals surface area (Å²) in [6, 6.07) is 7.53. The predicted octanol–water partition coefficient (Wildman–Crippen LogP) is 4.43. The second kappa shape index (κ2) is 11.3. The first-order valence-electron chi connectivity index (χ1n) is 10.0. The molecule has 0 radical (unpaired) electrons. The van der Waals surface area contributed by atoms with Crippen LogP contribution in [0.5, 0.6) is 5.75 Å². The second-order valence-corrected chi connectivity index (χ2v) is 8.25. The van der Waals surface area contributed by atoms with Gasteiger partial charge in [0.25, 0.3) is 5.91 Å². The highest BCUT2D eigenvalue weighted by atomic mass is 16.5. The van der Waals surface area contributed by atoms with Gasteiger partial charge in [0.05, 0.1) is 0 Å². The standard InChI is InChI=1S/C22H38N2O3/c1-8-27-22(15-17(2)3,16-18(4)5)21(25)23-19-9-11-20(12-10-19)26-14-13-24(6)7/h9-12,17-18H,8,13-16H2,1-7H3,(H,23,25). The van der Waals surface area contributed by atoms with E-state index >= 15 is 0 Å². The van der Waals surface area contributed by atoms with Crippen molar-refractivity contribution in [1.29, 1.82) is 0 Å². The van der Waals surface area contributed by atoms with Crippen molar-refractivity contribution >= 4 is 11.6 Å². The number of carbonyl (C=O) groups is 1. The zero-order valence-corrected chi connectivity index (χ0v) is 18.2. The highest BCUT2D eigenvalue weighted by molar-refractivity contribution is 5.97. The van der Waals surface area contributed by atoms with Crippen molar-refractivity contribution in [3.63, 3.8) is 0 Å². The maximum Gasteiger partial charge on any atom is 0.256 e. The van der Waals surface area contributed by atoms with Gasteiger partial charge < -0.3 is 19.7 Å². The van der Waals surface area contributed by atoms with Crippen LogP contribution in [0.1, 0.15) is 47.5 Å². The maximum atomic E-state index is 13.2. The van der Waals surface area contributed by atoms with Crippen LogP contribution >= 0.6 is 0 Å². The van der Waals surface area contributed by atoms with Crippen LogP contribution in [0.2, 0.25) is 0 Å². The molecule has 0 aromatic heterocycles. The van der Waals surface area contributed by atoms with Crippen LogP contribution in [0.15, 0.2) is 24.3 Å². The summed E-state index contributed by atoms with van der Waals surface area (Å²) in [7, 11) is 4.03. The molecule has 1 rings (SSSR count). The van der Waals surface area contributed by atoms with E-state index in [-0.39, 0.29) is 5.91 Å². The van der Waals surface area contributed by atoms with Crippen molar-refractivity contribution < 1.29 is 14.3 Å². The van der Waals surface area contributed by atoms with E-state index in [0.29, 0.717) is 37.9 Å². The van der Waals surface area contributed by atoms with Crippen molar-refractivity contribution in [3.8, 4) is 5.75 Å². The molecule has 154 valence electrons. The molecule has 5 nitrogen and oxygen atoms in total.